The Morgan fingerprint density at radius 1 is 1.26 bits per heavy atom. The molecule has 19 heavy (non-hydrogen) atoms. The van der Waals surface area contributed by atoms with E-state index >= 15 is 0 Å². The molecule has 0 aromatic heterocycles. The number of carbonyl (C=O) groups excluding carboxylic acids is 1. The van der Waals surface area contributed by atoms with Crippen LogP contribution in [0.25, 0.3) is 0 Å². The fourth-order valence-corrected chi connectivity index (χ4v) is 2.90. The second-order valence-corrected chi connectivity index (χ2v) is 5.69. The van der Waals surface area contributed by atoms with Crippen molar-refractivity contribution in [2.75, 3.05) is 32.8 Å². The summed E-state index contributed by atoms with van der Waals surface area (Å²) in [5, 5.41) is 0. The maximum Gasteiger partial charge on any atom is 0.120 e. The molecule has 1 aliphatic rings. The van der Waals surface area contributed by atoms with Gasteiger partial charge in [0.15, 0.2) is 0 Å². The molecule has 0 spiro atoms. The van der Waals surface area contributed by atoms with E-state index in [1.807, 2.05) is 0 Å². The Bertz CT molecular complexity index is 417. The first-order valence-electron chi connectivity index (χ1n) is 6.80. The van der Waals surface area contributed by atoms with Gasteiger partial charge in [-0.1, -0.05) is 28.1 Å². The smallest absolute Gasteiger partial charge is 0.120 e. The van der Waals surface area contributed by atoms with Crippen LogP contribution in [0, 0.1) is 0 Å². The highest BCUT2D eigenvalue weighted by atomic mass is 79.9. The summed E-state index contributed by atoms with van der Waals surface area (Å²) in [6, 6.07) is 6.44. The zero-order valence-electron chi connectivity index (χ0n) is 11.1. The fourth-order valence-electron chi connectivity index (χ4n) is 2.28. The molecule has 0 unspecified atom stereocenters. The van der Waals surface area contributed by atoms with Crippen molar-refractivity contribution in [2.45, 2.75) is 19.3 Å². The number of ether oxygens (including phenoxy) is 1. The van der Waals surface area contributed by atoms with Crippen LogP contribution in [0.5, 0.6) is 0 Å². The summed E-state index contributed by atoms with van der Waals surface area (Å²) in [4.78, 5) is 12.8. The van der Waals surface area contributed by atoms with E-state index in [9.17, 15) is 4.79 Å². The van der Waals surface area contributed by atoms with E-state index in [1.165, 1.54) is 11.1 Å². The molecular weight excluding hydrogens is 306 g/mol. The van der Waals surface area contributed by atoms with Crippen LogP contribution in [0.1, 0.15) is 17.5 Å². The molecule has 0 amide bonds. The molecule has 2 rings (SSSR count). The van der Waals surface area contributed by atoms with Gasteiger partial charge in [-0.05, 0) is 30.0 Å². The van der Waals surface area contributed by atoms with Crippen molar-refractivity contribution in [1.82, 2.24) is 4.90 Å². The molecule has 3 nitrogen and oxygen atoms in total. The Hall–Kier alpha value is -0.710. The van der Waals surface area contributed by atoms with Gasteiger partial charge in [-0.15, -0.1) is 0 Å². The number of aldehydes is 1. The highest BCUT2D eigenvalue weighted by Crippen LogP contribution is 2.20. The lowest BCUT2D eigenvalue weighted by Gasteiger charge is -2.26. The largest absolute Gasteiger partial charge is 0.379 e. The van der Waals surface area contributed by atoms with Crippen molar-refractivity contribution >= 4 is 22.2 Å². The third-order valence-electron chi connectivity index (χ3n) is 3.47. The molecule has 1 saturated heterocycles. The highest BCUT2D eigenvalue weighted by molar-refractivity contribution is 9.10. The van der Waals surface area contributed by atoms with Gasteiger partial charge < -0.3 is 9.53 Å². The summed E-state index contributed by atoms with van der Waals surface area (Å²) in [6.07, 6.45) is 3.44. The van der Waals surface area contributed by atoms with Gasteiger partial charge in [0.25, 0.3) is 0 Å². The summed E-state index contributed by atoms with van der Waals surface area (Å²) >= 11 is 3.63. The number of nitrogens with zero attached hydrogens (tertiary/aromatic N) is 1. The minimum atomic E-state index is 0.597. The molecule has 0 aliphatic carbocycles. The van der Waals surface area contributed by atoms with Crippen molar-refractivity contribution < 1.29 is 9.53 Å². The number of morpholine rings is 1. The molecule has 1 fully saturated rings. The summed E-state index contributed by atoms with van der Waals surface area (Å²) in [6.45, 7) is 4.86. The molecule has 1 aliphatic heterocycles. The van der Waals surface area contributed by atoms with Crippen molar-refractivity contribution in [2.24, 2.45) is 0 Å². The third kappa shape index (κ3) is 4.71. The van der Waals surface area contributed by atoms with E-state index in [1.54, 1.807) is 0 Å². The minimum absolute atomic E-state index is 0.597. The van der Waals surface area contributed by atoms with Crippen molar-refractivity contribution in [1.29, 1.82) is 0 Å². The van der Waals surface area contributed by atoms with Crippen LogP contribution in [0.3, 0.4) is 0 Å². The Labute approximate surface area is 123 Å². The van der Waals surface area contributed by atoms with Crippen molar-refractivity contribution in [3.8, 4) is 0 Å². The van der Waals surface area contributed by atoms with E-state index in [2.05, 4.69) is 39.0 Å². The molecule has 0 bridgehead atoms. The Kier molecular flexibility index (Phi) is 6.01. The lowest BCUT2D eigenvalue weighted by Crippen LogP contribution is -2.37. The first kappa shape index (κ1) is 14.7. The molecule has 0 saturated carbocycles. The van der Waals surface area contributed by atoms with Gasteiger partial charge in [-0.25, -0.2) is 0 Å². The number of benzene rings is 1. The van der Waals surface area contributed by atoms with Crippen LogP contribution in [-0.2, 0) is 22.4 Å². The van der Waals surface area contributed by atoms with Crippen LogP contribution >= 0.6 is 15.9 Å². The lowest BCUT2D eigenvalue weighted by atomic mass is 10.1. The van der Waals surface area contributed by atoms with Gasteiger partial charge >= 0.3 is 0 Å². The number of halogens is 1. The number of rotatable bonds is 6. The number of hydrogen-bond acceptors (Lipinski definition) is 3. The minimum Gasteiger partial charge on any atom is -0.379 e. The second-order valence-electron chi connectivity index (χ2n) is 4.84. The maximum atomic E-state index is 10.4. The first-order valence-corrected chi connectivity index (χ1v) is 7.60. The van der Waals surface area contributed by atoms with E-state index < -0.39 is 0 Å². The lowest BCUT2D eigenvalue weighted by molar-refractivity contribution is -0.107. The molecule has 1 aromatic carbocycles. The van der Waals surface area contributed by atoms with Crippen LogP contribution in [-0.4, -0.2) is 44.0 Å². The Morgan fingerprint density at radius 3 is 2.74 bits per heavy atom. The average Bonchev–Trinajstić information content (AvgIpc) is 2.45. The molecule has 0 N–H and O–H groups in total. The predicted molar refractivity (Wildman–Crippen MR) is 79.5 cm³/mol. The Morgan fingerprint density at radius 2 is 2.05 bits per heavy atom. The van der Waals surface area contributed by atoms with E-state index in [-0.39, 0.29) is 0 Å². The molecule has 4 heteroatoms. The Balaban J connectivity index is 1.87. The quantitative estimate of drug-likeness (QED) is 0.752. The van der Waals surface area contributed by atoms with Gasteiger partial charge in [-0.3, -0.25) is 4.90 Å². The molecule has 0 radical (unpaired) electrons. The standard InChI is InChI=1S/C15H20BrNO2/c16-15-12-13(2-1-9-18)3-4-14(15)5-6-17-7-10-19-11-8-17/h3-4,9,12H,1-2,5-8,10-11H2. The summed E-state index contributed by atoms with van der Waals surface area (Å²) in [5.41, 5.74) is 2.55. The van der Waals surface area contributed by atoms with Crippen molar-refractivity contribution in [3.05, 3.63) is 33.8 Å². The molecule has 1 heterocycles. The zero-order chi connectivity index (χ0) is 13.5. The molecule has 1 aromatic rings. The summed E-state index contributed by atoms with van der Waals surface area (Å²) in [5.74, 6) is 0. The normalized spacial score (nSPS) is 16.5. The maximum absolute atomic E-state index is 10.4. The van der Waals surface area contributed by atoms with E-state index in [4.69, 9.17) is 4.74 Å². The van der Waals surface area contributed by atoms with Crippen LogP contribution in [0.15, 0.2) is 22.7 Å². The van der Waals surface area contributed by atoms with Gasteiger partial charge in [0.05, 0.1) is 13.2 Å². The van der Waals surface area contributed by atoms with Gasteiger partial charge in [0, 0.05) is 30.5 Å². The number of hydrogen-bond donors (Lipinski definition) is 0. The first-order chi connectivity index (χ1) is 9.29. The fraction of sp³-hybridized carbons (Fsp3) is 0.533. The average molecular weight is 326 g/mol. The summed E-state index contributed by atoms with van der Waals surface area (Å²) in [7, 11) is 0. The second kappa shape index (κ2) is 7.78. The van der Waals surface area contributed by atoms with Gasteiger partial charge in [0.2, 0.25) is 0 Å². The van der Waals surface area contributed by atoms with Crippen LogP contribution in [0.4, 0.5) is 0 Å². The SMILES string of the molecule is O=CCCc1ccc(CCN2CCOCC2)c(Br)c1. The third-order valence-corrected chi connectivity index (χ3v) is 4.21. The topological polar surface area (TPSA) is 29.5 Å². The van der Waals surface area contributed by atoms with Crippen molar-refractivity contribution in [3.63, 3.8) is 0 Å². The number of aryl methyl sites for hydroxylation is 1. The molecular formula is C15H20BrNO2. The van der Waals surface area contributed by atoms with E-state index in [0.29, 0.717) is 6.42 Å². The van der Waals surface area contributed by atoms with Gasteiger partial charge in [-0.2, -0.15) is 0 Å². The van der Waals surface area contributed by atoms with Crippen LogP contribution in [0.2, 0.25) is 0 Å². The highest BCUT2D eigenvalue weighted by Gasteiger charge is 2.10. The van der Waals surface area contributed by atoms with Crippen LogP contribution < -0.4 is 0 Å². The zero-order valence-corrected chi connectivity index (χ0v) is 12.7. The number of carbonyl (C=O) groups is 1. The molecule has 104 valence electrons. The van der Waals surface area contributed by atoms with E-state index in [0.717, 1.165) is 56.4 Å². The predicted octanol–water partition coefficient (Wildman–Crippen LogP) is 2.46. The monoisotopic (exact) mass is 325 g/mol. The summed E-state index contributed by atoms with van der Waals surface area (Å²) < 4.78 is 6.51. The molecule has 0 atom stereocenters. The van der Waals surface area contributed by atoms with Gasteiger partial charge in [0.1, 0.15) is 6.29 Å².